The summed E-state index contributed by atoms with van der Waals surface area (Å²) >= 11 is 6.46. The first-order chi connectivity index (χ1) is 12.9. The third-order valence-electron chi connectivity index (χ3n) is 3.82. The summed E-state index contributed by atoms with van der Waals surface area (Å²) in [6, 6.07) is 13.7. The molecule has 136 valence electrons. The van der Waals surface area contributed by atoms with Crippen molar-refractivity contribution < 1.29 is 19.8 Å². The van der Waals surface area contributed by atoms with Crippen LogP contribution in [0.4, 0.5) is 5.69 Å². The summed E-state index contributed by atoms with van der Waals surface area (Å²) < 4.78 is 0.321. The van der Waals surface area contributed by atoms with E-state index in [4.69, 9.17) is 17.3 Å². The Balaban J connectivity index is 1.88. The van der Waals surface area contributed by atoms with Crippen LogP contribution in [0.3, 0.4) is 0 Å². The largest absolute Gasteiger partial charge is 0.507 e. The number of benzene rings is 2. The average Bonchev–Trinajstić information content (AvgIpc) is 2.88. The Morgan fingerprint density at radius 3 is 2.52 bits per heavy atom. The zero-order chi connectivity index (χ0) is 19.6. The van der Waals surface area contributed by atoms with Crippen molar-refractivity contribution >= 4 is 51.9 Å². The maximum atomic E-state index is 12.8. The number of aromatic hydroxyl groups is 1. The third-order valence-corrected chi connectivity index (χ3v) is 5.12. The van der Waals surface area contributed by atoms with Crippen molar-refractivity contribution in [2.75, 3.05) is 4.90 Å². The van der Waals surface area contributed by atoms with Gasteiger partial charge in [-0.1, -0.05) is 60.4 Å². The molecule has 0 saturated carbocycles. The van der Waals surface area contributed by atoms with Gasteiger partial charge in [0.1, 0.15) is 11.3 Å². The quantitative estimate of drug-likeness (QED) is 0.587. The number of allylic oxidation sites excluding steroid dienone is 2. The van der Waals surface area contributed by atoms with Crippen molar-refractivity contribution in [2.24, 2.45) is 0 Å². The fourth-order valence-electron chi connectivity index (χ4n) is 2.59. The van der Waals surface area contributed by atoms with Crippen molar-refractivity contribution in [1.29, 1.82) is 0 Å². The Hall–Kier alpha value is -2.90. The summed E-state index contributed by atoms with van der Waals surface area (Å²) in [5.41, 5.74) is 2.01. The van der Waals surface area contributed by atoms with Crippen LogP contribution >= 0.6 is 24.0 Å². The van der Waals surface area contributed by atoms with Crippen LogP contribution < -0.4 is 4.90 Å². The van der Waals surface area contributed by atoms with Crippen molar-refractivity contribution in [3.63, 3.8) is 0 Å². The summed E-state index contributed by atoms with van der Waals surface area (Å²) in [5, 5.41) is 18.9. The Kier molecular flexibility index (Phi) is 5.43. The van der Waals surface area contributed by atoms with Gasteiger partial charge in [-0.25, -0.2) is 4.79 Å². The number of aromatic carboxylic acids is 1. The van der Waals surface area contributed by atoms with E-state index < -0.39 is 11.7 Å². The lowest BCUT2D eigenvalue weighted by atomic mass is 10.1. The lowest BCUT2D eigenvalue weighted by molar-refractivity contribution is -0.113. The van der Waals surface area contributed by atoms with Crippen LogP contribution in [0.2, 0.25) is 0 Å². The second-order valence-electron chi connectivity index (χ2n) is 5.82. The van der Waals surface area contributed by atoms with Crippen LogP contribution in [-0.2, 0) is 4.79 Å². The number of amides is 1. The molecule has 0 spiro atoms. The minimum absolute atomic E-state index is 0.235. The number of phenols is 1. The molecule has 5 nitrogen and oxygen atoms in total. The molecule has 0 atom stereocenters. The van der Waals surface area contributed by atoms with Crippen molar-refractivity contribution in [3.05, 3.63) is 76.2 Å². The normalized spacial score (nSPS) is 16.3. The van der Waals surface area contributed by atoms with Crippen LogP contribution in [0.1, 0.15) is 22.8 Å². The smallest absolute Gasteiger partial charge is 0.339 e. The minimum Gasteiger partial charge on any atom is -0.507 e. The zero-order valence-electron chi connectivity index (χ0n) is 14.2. The SMILES string of the molecule is CC(=Cc1ccccc1)C=C1SC(=S)N(c2ccc(C(=O)O)c(O)c2)C1=O. The van der Waals surface area contributed by atoms with Gasteiger partial charge in [-0.2, -0.15) is 0 Å². The van der Waals surface area contributed by atoms with Gasteiger partial charge in [0.05, 0.1) is 10.6 Å². The molecule has 1 fully saturated rings. The molecule has 0 aromatic heterocycles. The predicted molar refractivity (Wildman–Crippen MR) is 111 cm³/mol. The fourth-order valence-corrected chi connectivity index (χ4v) is 3.94. The summed E-state index contributed by atoms with van der Waals surface area (Å²) in [6.07, 6.45) is 3.72. The van der Waals surface area contributed by atoms with E-state index in [1.54, 1.807) is 6.08 Å². The number of thiocarbonyl (C=S) groups is 1. The highest BCUT2D eigenvalue weighted by molar-refractivity contribution is 8.27. The number of carbonyl (C=O) groups is 2. The van der Waals surface area contributed by atoms with Gasteiger partial charge in [0.2, 0.25) is 0 Å². The highest BCUT2D eigenvalue weighted by Gasteiger charge is 2.33. The summed E-state index contributed by atoms with van der Waals surface area (Å²) in [6.45, 7) is 1.90. The number of carboxylic acid groups (broad SMARTS) is 1. The fraction of sp³-hybridized carbons (Fsp3) is 0.0500. The number of hydrogen-bond donors (Lipinski definition) is 2. The van der Waals surface area contributed by atoms with Gasteiger partial charge >= 0.3 is 5.97 Å². The van der Waals surface area contributed by atoms with Crippen LogP contribution in [-0.4, -0.2) is 26.4 Å². The number of carboxylic acids is 1. The number of nitrogens with zero attached hydrogens (tertiary/aromatic N) is 1. The average molecular weight is 397 g/mol. The molecule has 1 saturated heterocycles. The highest BCUT2D eigenvalue weighted by Crippen LogP contribution is 2.37. The van der Waals surface area contributed by atoms with Gasteiger partial charge in [-0.3, -0.25) is 9.69 Å². The summed E-state index contributed by atoms with van der Waals surface area (Å²) in [5.74, 6) is -1.97. The predicted octanol–water partition coefficient (Wildman–Crippen LogP) is 4.44. The number of anilines is 1. The van der Waals surface area contributed by atoms with Crippen LogP contribution in [0, 0.1) is 0 Å². The van der Waals surface area contributed by atoms with E-state index in [0.717, 1.165) is 22.9 Å². The van der Waals surface area contributed by atoms with Crippen LogP contribution in [0.25, 0.3) is 6.08 Å². The van der Waals surface area contributed by atoms with Gasteiger partial charge < -0.3 is 10.2 Å². The van der Waals surface area contributed by atoms with Crippen LogP contribution in [0.5, 0.6) is 5.75 Å². The number of thioether (sulfide) groups is 1. The Morgan fingerprint density at radius 2 is 1.89 bits per heavy atom. The number of rotatable bonds is 4. The van der Waals surface area contributed by atoms with E-state index in [-0.39, 0.29) is 11.5 Å². The molecule has 0 aliphatic carbocycles. The molecule has 1 aliphatic rings. The molecule has 1 amide bonds. The van der Waals surface area contributed by atoms with Gasteiger partial charge in [0.25, 0.3) is 5.91 Å². The molecular formula is C20H15NO4S2. The molecule has 2 N–H and O–H groups in total. The number of hydrogen-bond acceptors (Lipinski definition) is 5. The summed E-state index contributed by atoms with van der Waals surface area (Å²) in [4.78, 5) is 25.5. The van der Waals surface area contributed by atoms with E-state index in [1.165, 1.54) is 23.1 Å². The van der Waals surface area contributed by atoms with Crippen molar-refractivity contribution in [1.82, 2.24) is 0 Å². The first kappa shape index (κ1) is 18.9. The van der Waals surface area contributed by atoms with E-state index in [0.29, 0.717) is 14.9 Å². The maximum Gasteiger partial charge on any atom is 0.339 e. The Bertz CT molecular complexity index is 996. The molecule has 0 unspecified atom stereocenters. The Labute approximate surface area is 165 Å². The molecule has 2 aromatic carbocycles. The summed E-state index contributed by atoms with van der Waals surface area (Å²) in [7, 11) is 0. The molecule has 1 aliphatic heterocycles. The van der Waals surface area contributed by atoms with Crippen molar-refractivity contribution in [2.45, 2.75) is 6.92 Å². The second kappa shape index (κ2) is 7.77. The molecular weight excluding hydrogens is 382 g/mol. The van der Waals surface area contributed by atoms with Gasteiger partial charge in [0, 0.05) is 6.07 Å². The van der Waals surface area contributed by atoms with Gasteiger partial charge in [-0.15, -0.1) is 0 Å². The lowest BCUT2D eigenvalue weighted by Crippen LogP contribution is -2.27. The maximum absolute atomic E-state index is 12.8. The molecule has 0 bridgehead atoms. The number of carbonyl (C=O) groups excluding carboxylic acids is 1. The highest BCUT2D eigenvalue weighted by atomic mass is 32.2. The first-order valence-electron chi connectivity index (χ1n) is 7.94. The topological polar surface area (TPSA) is 77.8 Å². The molecule has 0 radical (unpaired) electrons. The lowest BCUT2D eigenvalue weighted by Gasteiger charge is -2.15. The zero-order valence-corrected chi connectivity index (χ0v) is 15.9. The molecule has 7 heteroatoms. The minimum atomic E-state index is -1.24. The van der Waals surface area contributed by atoms with Crippen LogP contribution in [0.15, 0.2) is 65.1 Å². The first-order valence-corrected chi connectivity index (χ1v) is 9.17. The molecule has 2 aromatic rings. The molecule has 1 heterocycles. The van der Waals surface area contributed by atoms with Crippen molar-refractivity contribution in [3.8, 4) is 5.75 Å². The van der Waals surface area contributed by atoms with E-state index in [9.17, 15) is 14.7 Å². The molecule has 27 heavy (non-hydrogen) atoms. The molecule has 3 rings (SSSR count). The monoisotopic (exact) mass is 397 g/mol. The van der Waals surface area contributed by atoms with E-state index in [2.05, 4.69) is 0 Å². The van der Waals surface area contributed by atoms with E-state index >= 15 is 0 Å². The van der Waals surface area contributed by atoms with Gasteiger partial charge in [-0.05, 0) is 36.3 Å². The van der Waals surface area contributed by atoms with E-state index in [1.807, 2.05) is 43.3 Å². The third kappa shape index (κ3) is 4.10. The Morgan fingerprint density at radius 1 is 1.19 bits per heavy atom. The van der Waals surface area contributed by atoms with Gasteiger partial charge in [0.15, 0.2) is 4.32 Å². The second-order valence-corrected chi connectivity index (χ2v) is 7.50. The standard InChI is InChI=1S/C20H15NO4S2/c1-12(9-13-5-3-2-4-6-13)10-17-18(23)21(20(26)27-17)14-7-8-15(19(24)25)16(22)11-14/h2-11,22H,1H3,(H,24,25).